The van der Waals surface area contributed by atoms with Gasteiger partial charge in [0.25, 0.3) is 0 Å². The molecule has 0 bridgehead atoms. The van der Waals surface area contributed by atoms with Gasteiger partial charge in [0.15, 0.2) is 0 Å². The van der Waals surface area contributed by atoms with Crippen molar-refractivity contribution in [3.63, 3.8) is 0 Å². The largest absolute Gasteiger partial charge is 0.290 e. The molecule has 0 aromatic carbocycles. The van der Waals surface area contributed by atoms with Gasteiger partial charge in [0.05, 0.1) is 0 Å². The Balaban J connectivity index is 2.45. The molecule has 0 unspecified atom stereocenters. The summed E-state index contributed by atoms with van der Waals surface area (Å²) < 4.78 is 0. The molecule has 0 amide bonds. The first-order chi connectivity index (χ1) is 3.93. The smallest absolute Gasteiger partial charge is 0.0396 e. The van der Waals surface area contributed by atoms with Gasteiger partial charge in [-0.25, -0.2) is 0 Å². The van der Waals surface area contributed by atoms with Crippen LogP contribution in [0.25, 0.3) is 0 Å². The van der Waals surface area contributed by atoms with E-state index in [2.05, 4.69) is 11.1 Å². The third kappa shape index (κ3) is 1.19. The highest BCUT2D eigenvalue weighted by atomic mass is 14.8. The molecule has 1 heterocycles. The minimum absolute atomic E-state index is 1.04. The molecule has 1 aliphatic rings. The number of hydrogen-bond donors (Lipinski definition) is 0. The zero-order valence-corrected chi connectivity index (χ0v) is 5.22. The molecule has 0 atom stereocenters. The first-order valence-corrected chi connectivity index (χ1v) is 3.09. The van der Waals surface area contributed by atoms with Crippen LogP contribution in [0.15, 0.2) is 17.1 Å². The van der Waals surface area contributed by atoms with Crippen molar-refractivity contribution in [2.24, 2.45) is 4.99 Å². The van der Waals surface area contributed by atoms with Crippen molar-refractivity contribution in [2.75, 3.05) is 6.54 Å². The average molecular weight is 109 g/mol. The maximum atomic E-state index is 4.26. The molecule has 0 aliphatic carbocycles. The normalized spacial score (nSPS) is 19.9. The van der Waals surface area contributed by atoms with E-state index in [9.17, 15) is 0 Å². The maximum absolute atomic E-state index is 4.26. The van der Waals surface area contributed by atoms with Crippen LogP contribution in [0.3, 0.4) is 0 Å². The minimum atomic E-state index is 1.04. The number of rotatable bonds is 1. The molecule has 0 saturated carbocycles. The fourth-order valence-corrected chi connectivity index (χ4v) is 0.890. The summed E-state index contributed by atoms with van der Waals surface area (Å²) in [5.41, 5.74) is 1.27. The van der Waals surface area contributed by atoms with Crippen LogP contribution in [0.4, 0.5) is 0 Å². The van der Waals surface area contributed by atoms with E-state index in [0.29, 0.717) is 0 Å². The highest BCUT2D eigenvalue weighted by Gasteiger charge is 1.99. The summed E-state index contributed by atoms with van der Waals surface area (Å²) in [7, 11) is 0. The van der Waals surface area contributed by atoms with Crippen LogP contribution in [0.1, 0.15) is 19.8 Å². The Morgan fingerprint density at radius 3 is 3.00 bits per heavy atom. The molecule has 8 heavy (non-hydrogen) atoms. The quantitative estimate of drug-likeness (QED) is 0.487. The van der Waals surface area contributed by atoms with Crippen LogP contribution in [0.2, 0.25) is 0 Å². The van der Waals surface area contributed by atoms with E-state index >= 15 is 0 Å². The fraction of sp³-hybridized carbons (Fsp3) is 0.571. The fourth-order valence-electron chi connectivity index (χ4n) is 0.890. The predicted octanol–water partition coefficient (Wildman–Crippen LogP) is 1.80. The van der Waals surface area contributed by atoms with Gasteiger partial charge in [-0.15, -0.1) is 0 Å². The van der Waals surface area contributed by atoms with E-state index in [1.54, 1.807) is 0 Å². The number of allylic oxidation sites excluding steroid dienone is 2. The standard InChI is InChI=1S/C7H11N/c1-2-4-7-5-3-6-8-7/h2,4H,3,5-6H2,1H3. The number of aliphatic imine (C=N–C) groups is 1. The van der Waals surface area contributed by atoms with Gasteiger partial charge in [0.1, 0.15) is 0 Å². The maximum Gasteiger partial charge on any atom is 0.0396 e. The van der Waals surface area contributed by atoms with E-state index < -0.39 is 0 Å². The van der Waals surface area contributed by atoms with E-state index in [-0.39, 0.29) is 0 Å². The summed E-state index contributed by atoms with van der Waals surface area (Å²) in [4.78, 5) is 4.26. The Morgan fingerprint density at radius 1 is 1.62 bits per heavy atom. The Labute approximate surface area is 50.1 Å². The molecule has 44 valence electrons. The van der Waals surface area contributed by atoms with Crippen LogP contribution in [-0.4, -0.2) is 12.3 Å². The molecule has 0 saturated heterocycles. The van der Waals surface area contributed by atoms with Gasteiger partial charge in [-0.1, -0.05) is 6.08 Å². The monoisotopic (exact) mass is 109 g/mol. The second-order valence-corrected chi connectivity index (χ2v) is 1.98. The summed E-state index contributed by atoms with van der Waals surface area (Å²) in [6, 6.07) is 0. The van der Waals surface area contributed by atoms with E-state index in [1.807, 2.05) is 13.0 Å². The summed E-state index contributed by atoms with van der Waals surface area (Å²) >= 11 is 0. The van der Waals surface area contributed by atoms with Crippen molar-refractivity contribution in [1.29, 1.82) is 0 Å². The third-order valence-electron chi connectivity index (χ3n) is 1.26. The molecule has 1 nitrogen and oxygen atoms in total. The molecule has 1 rings (SSSR count). The Bertz CT molecular complexity index is 122. The first kappa shape index (κ1) is 5.54. The summed E-state index contributed by atoms with van der Waals surface area (Å²) in [5.74, 6) is 0. The van der Waals surface area contributed by atoms with E-state index in [4.69, 9.17) is 0 Å². The second-order valence-electron chi connectivity index (χ2n) is 1.98. The van der Waals surface area contributed by atoms with E-state index in [1.165, 1.54) is 18.6 Å². The Morgan fingerprint density at radius 2 is 2.50 bits per heavy atom. The zero-order chi connectivity index (χ0) is 5.82. The van der Waals surface area contributed by atoms with Crippen molar-refractivity contribution in [2.45, 2.75) is 19.8 Å². The van der Waals surface area contributed by atoms with Crippen LogP contribution >= 0.6 is 0 Å². The molecule has 1 heteroatoms. The van der Waals surface area contributed by atoms with Gasteiger partial charge in [0, 0.05) is 12.3 Å². The number of nitrogens with zero attached hydrogens (tertiary/aromatic N) is 1. The summed E-state index contributed by atoms with van der Waals surface area (Å²) in [5, 5.41) is 0. The van der Waals surface area contributed by atoms with Crippen LogP contribution in [-0.2, 0) is 0 Å². The lowest BCUT2D eigenvalue weighted by atomic mass is 10.2. The highest BCUT2D eigenvalue weighted by molar-refractivity contribution is 5.95. The van der Waals surface area contributed by atoms with Crippen LogP contribution in [0, 0.1) is 0 Å². The van der Waals surface area contributed by atoms with Gasteiger partial charge in [-0.05, 0) is 25.8 Å². The molecule has 0 fully saturated rings. The lowest BCUT2D eigenvalue weighted by Crippen LogP contribution is -1.82. The molecule has 0 N–H and O–H groups in total. The third-order valence-corrected chi connectivity index (χ3v) is 1.26. The van der Waals surface area contributed by atoms with Gasteiger partial charge < -0.3 is 0 Å². The van der Waals surface area contributed by atoms with Crippen molar-refractivity contribution in [3.8, 4) is 0 Å². The van der Waals surface area contributed by atoms with Crippen LogP contribution in [0.5, 0.6) is 0 Å². The van der Waals surface area contributed by atoms with Gasteiger partial charge in [0.2, 0.25) is 0 Å². The highest BCUT2D eigenvalue weighted by Crippen LogP contribution is 2.03. The second kappa shape index (κ2) is 2.65. The lowest BCUT2D eigenvalue weighted by molar-refractivity contribution is 0.951. The molecule has 0 radical (unpaired) electrons. The Kier molecular flexibility index (Phi) is 1.84. The summed E-state index contributed by atoms with van der Waals surface area (Å²) in [6.45, 7) is 3.07. The zero-order valence-electron chi connectivity index (χ0n) is 5.22. The number of hydrogen-bond acceptors (Lipinski definition) is 1. The van der Waals surface area contributed by atoms with Gasteiger partial charge in [-0.3, -0.25) is 4.99 Å². The Hall–Kier alpha value is -0.590. The van der Waals surface area contributed by atoms with E-state index in [0.717, 1.165) is 6.54 Å². The molecular formula is C7H11N. The van der Waals surface area contributed by atoms with Crippen molar-refractivity contribution in [1.82, 2.24) is 0 Å². The average Bonchev–Trinajstić information content (AvgIpc) is 2.19. The topological polar surface area (TPSA) is 12.4 Å². The minimum Gasteiger partial charge on any atom is -0.290 e. The first-order valence-electron chi connectivity index (χ1n) is 3.09. The molecular weight excluding hydrogens is 98.1 g/mol. The van der Waals surface area contributed by atoms with Gasteiger partial charge in [-0.2, -0.15) is 0 Å². The van der Waals surface area contributed by atoms with Crippen molar-refractivity contribution in [3.05, 3.63) is 12.2 Å². The van der Waals surface area contributed by atoms with Crippen molar-refractivity contribution < 1.29 is 0 Å². The predicted molar refractivity (Wildman–Crippen MR) is 36.4 cm³/mol. The van der Waals surface area contributed by atoms with Crippen LogP contribution < -0.4 is 0 Å². The molecule has 0 spiro atoms. The van der Waals surface area contributed by atoms with Gasteiger partial charge >= 0.3 is 0 Å². The molecule has 1 aliphatic heterocycles. The molecule has 0 aromatic rings. The van der Waals surface area contributed by atoms with Crippen molar-refractivity contribution >= 4 is 5.71 Å². The molecule has 0 aromatic heterocycles. The summed E-state index contributed by atoms with van der Waals surface area (Å²) in [6.07, 6.45) is 6.57. The SMILES string of the molecule is CC=CC1=NCCC1. The lowest BCUT2D eigenvalue weighted by Gasteiger charge is -1.82.